The normalized spacial score (nSPS) is 26.7. The molecule has 4 rings (SSSR count). The number of ether oxygens (including phenoxy) is 13. The molecule has 3 aliphatic rings. The van der Waals surface area contributed by atoms with Crippen LogP contribution in [0.2, 0.25) is 0 Å². The molecule has 3 heterocycles. The molecule has 3 aliphatic heterocycles. The Morgan fingerprint density at radius 1 is 0.419 bits per heavy atom. The van der Waals surface area contributed by atoms with Crippen LogP contribution in [0, 0.1) is 53.3 Å². The molecule has 93 heavy (non-hydrogen) atoms. The maximum Gasteiger partial charge on any atom is 0.306 e. The summed E-state index contributed by atoms with van der Waals surface area (Å²) >= 11 is 0. The van der Waals surface area contributed by atoms with Crippen molar-refractivity contribution in [3.63, 3.8) is 0 Å². The number of Topliss-reactive ketones (excluding diaryl/α,β-unsaturated/α-hetero) is 1. The summed E-state index contributed by atoms with van der Waals surface area (Å²) in [7, 11) is 0. The largest absolute Gasteiger partial charge is 0.463 e. The molecule has 1 aromatic carbocycles. The van der Waals surface area contributed by atoms with Crippen LogP contribution >= 0.6 is 0 Å². The minimum atomic E-state index is -1.38. The van der Waals surface area contributed by atoms with Gasteiger partial charge in [0, 0.05) is 96.7 Å². The highest BCUT2D eigenvalue weighted by Gasteiger charge is 2.43. The number of nitrogens with one attached hydrogen (secondary N) is 3. The Hall–Kier alpha value is -5.18. The van der Waals surface area contributed by atoms with Crippen LogP contribution in [0.25, 0.3) is 0 Å². The highest BCUT2D eigenvalue weighted by Crippen LogP contribution is 2.38. The van der Waals surface area contributed by atoms with E-state index in [9.17, 15) is 38.4 Å². The zero-order chi connectivity index (χ0) is 67.6. The average Bonchev–Trinajstić information content (AvgIpc) is 3.07. The number of ketones is 1. The van der Waals surface area contributed by atoms with Crippen LogP contribution in [0.1, 0.15) is 167 Å². The molecule has 0 saturated carbocycles. The molecule has 0 aliphatic carbocycles. The van der Waals surface area contributed by atoms with Gasteiger partial charge in [0.25, 0.3) is 0 Å². The van der Waals surface area contributed by atoms with Crippen LogP contribution in [0.4, 0.5) is 0 Å². The Morgan fingerprint density at radius 3 is 1.23 bits per heavy atom. The summed E-state index contributed by atoms with van der Waals surface area (Å²) in [6, 6.07) is 9.25. The van der Waals surface area contributed by atoms with Gasteiger partial charge in [-0.05, 0) is 73.2 Å². The second-order valence-corrected chi connectivity index (χ2v) is 25.5. The molecule has 1 aromatic rings. The van der Waals surface area contributed by atoms with Gasteiger partial charge in [-0.25, -0.2) is 0 Å². The summed E-state index contributed by atoms with van der Waals surface area (Å²) in [4.78, 5) is 101. The van der Waals surface area contributed by atoms with Crippen molar-refractivity contribution in [3.8, 4) is 0 Å². The van der Waals surface area contributed by atoms with E-state index in [1.54, 1.807) is 0 Å². The van der Waals surface area contributed by atoms with Gasteiger partial charge in [0.15, 0.2) is 18.9 Å². The van der Waals surface area contributed by atoms with Crippen LogP contribution in [-0.2, 0) is 107 Å². The first-order valence-electron chi connectivity index (χ1n) is 33.4. The van der Waals surface area contributed by atoms with Crippen molar-refractivity contribution in [2.24, 2.45) is 53.3 Å². The highest BCUT2D eigenvalue weighted by molar-refractivity contribution is 5.79. The number of esters is 4. The monoisotopic (exact) mass is 1320 g/mol. The molecule has 0 spiro atoms. The molecule has 24 nitrogen and oxygen atoms in total. The first-order valence-corrected chi connectivity index (χ1v) is 33.4. The topological polar surface area (TPSA) is 293 Å². The molecule has 15 atom stereocenters. The van der Waals surface area contributed by atoms with Gasteiger partial charge in [-0.1, -0.05) is 100 Å². The van der Waals surface area contributed by atoms with Gasteiger partial charge < -0.3 is 77.5 Å². The van der Waals surface area contributed by atoms with Crippen LogP contribution in [0.15, 0.2) is 30.3 Å². The highest BCUT2D eigenvalue weighted by atomic mass is 16.7. The first kappa shape index (κ1) is 82.1. The van der Waals surface area contributed by atoms with Gasteiger partial charge in [-0.3, -0.25) is 38.4 Å². The lowest BCUT2D eigenvalue weighted by molar-refractivity contribution is -0.255. The van der Waals surface area contributed by atoms with E-state index >= 15 is 0 Å². The second kappa shape index (κ2) is 44.5. The van der Waals surface area contributed by atoms with E-state index in [1.165, 1.54) is 20.8 Å². The Kier molecular flexibility index (Phi) is 39.3. The Bertz CT molecular complexity index is 2170. The molecule has 6 unspecified atom stereocenters. The standard InChI is InChI=1S/C68H111N3O21.CH4/c1-44-47(4)58(38-86-53(10)72)90-65(50(44)7)83-31-17-16-23-57(75)26-34-80-41-68(71-63(78)24-18-25-64(79)89-37-56-21-14-13-15-22-56,42-81-35-27-61(76)69-29-19-32-84-66-51(8)45(2)48(5)59(91-66)39-87-54(11)73)43-82-36-28-62(77)70-30-20-33-85-67-52(9)46(3)49(6)60(92-67)40-88-55(12)74;/h13-15,21-22,44-52,58-60,65-67H,16-20,23-43H2,1-12H3,(H,69,76)(H,70,77)(H,71,78);1H4/t44-,45-,46-,47+,48+,49+,50?,51?,52?,58?,59?,60?,65+,66+,67+,68?;/m0./s1. The third-order valence-corrected chi connectivity index (χ3v) is 18.3. The molecule has 0 bridgehead atoms. The average molecular weight is 1320 g/mol. The van der Waals surface area contributed by atoms with Crippen LogP contribution in [0.3, 0.4) is 0 Å². The van der Waals surface area contributed by atoms with E-state index in [1.807, 2.05) is 30.3 Å². The molecular weight excluding hydrogens is 1210 g/mol. The predicted octanol–water partition coefficient (Wildman–Crippen LogP) is 8.00. The SMILES string of the molecule is C.CC(=O)OCC1O[C@@H](OCCCCC(=O)CCOCC(COCCC(=O)NCCCO[C@@H]2OC(COC(C)=O)[C@H](C)[C@H](C)C2C)(COCCC(=O)NCCCO[C@@H]2OC(COC(C)=O)[C@H](C)[C@H](C)C2C)NC(=O)CCCC(=O)OCc2ccccc2)C(C)[C@@H](C)[C@H]1C. The van der Waals surface area contributed by atoms with Crippen molar-refractivity contribution >= 4 is 47.4 Å². The van der Waals surface area contributed by atoms with Gasteiger partial charge in [0.2, 0.25) is 17.7 Å². The lowest BCUT2D eigenvalue weighted by Crippen LogP contribution is -2.58. The van der Waals surface area contributed by atoms with Crippen LogP contribution in [-0.4, -0.2) is 182 Å². The second-order valence-electron chi connectivity index (χ2n) is 25.5. The van der Waals surface area contributed by atoms with E-state index < -0.39 is 36.3 Å². The number of carbonyl (C=O) groups is 8. The fraction of sp³-hybridized carbons (Fsp3) is 0.797. The van der Waals surface area contributed by atoms with Gasteiger partial charge in [-0.2, -0.15) is 0 Å². The third-order valence-electron chi connectivity index (χ3n) is 18.3. The fourth-order valence-corrected chi connectivity index (χ4v) is 11.2. The number of hydrogen-bond acceptors (Lipinski definition) is 21. The number of hydrogen-bond donors (Lipinski definition) is 3. The summed E-state index contributed by atoms with van der Waals surface area (Å²) in [6.07, 6.45) is 0.180. The molecule has 3 N–H and O–H groups in total. The van der Waals surface area contributed by atoms with Crippen molar-refractivity contribution in [2.45, 2.75) is 210 Å². The summed E-state index contributed by atoms with van der Waals surface area (Å²) < 4.78 is 76.6. The maximum absolute atomic E-state index is 13.9. The fourth-order valence-electron chi connectivity index (χ4n) is 11.2. The van der Waals surface area contributed by atoms with E-state index in [2.05, 4.69) is 78.3 Å². The Morgan fingerprint density at radius 2 is 0.817 bits per heavy atom. The van der Waals surface area contributed by atoms with Gasteiger partial charge in [-0.15, -0.1) is 0 Å². The molecule has 24 heteroatoms. The zero-order valence-corrected chi connectivity index (χ0v) is 57.0. The molecule has 3 saturated heterocycles. The zero-order valence-electron chi connectivity index (χ0n) is 57.0. The number of amides is 3. The number of benzene rings is 1. The summed E-state index contributed by atoms with van der Waals surface area (Å²) in [5.74, 6) is -1.09. The smallest absolute Gasteiger partial charge is 0.306 e. The van der Waals surface area contributed by atoms with E-state index in [0.29, 0.717) is 58.6 Å². The van der Waals surface area contributed by atoms with Crippen molar-refractivity contribution in [1.29, 1.82) is 0 Å². The van der Waals surface area contributed by atoms with Gasteiger partial charge >= 0.3 is 23.9 Å². The lowest BCUT2D eigenvalue weighted by Gasteiger charge is -2.43. The first-order chi connectivity index (χ1) is 43.9. The Balaban J connectivity index is 0.0000226. The number of unbranched alkanes of at least 4 members (excludes halogenated alkanes) is 1. The number of rotatable bonds is 44. The number of carbonyl (C=O) groups excluding carboxylic acids is 8. The molecule has 3 amide bonds. The van der Waals surface area contributed by atoms with E-state index in [0.717, 1.165) is 5.56 Å². The predicted molar refractivity (Wildman–Crippen MR) is 344 cm³/mol. The van der Waals surface area contributed by atoms with Gasteiger partial charge in [0.05, 0.1) is 71.2 Å². The third kappa shape index (κ3) is 31.1. The molecule has 3 fully saturated rings. The van der Waals surface area contributed by atoms with E-state index in [-0.39, 0.29) is 226 Å². The minimum absolute atomic E-state index is 0. The molecule has 0 aromatic heterocycles. The Labute approximate surface area is 553 Å². The van der Waals surface area contributed by atoms with Gasteiger partial charge in [0.1, 0.15) is 37.7 Å². The molecule has 0 radical (unpaired) electrons. The van der Waals surface area contributed by atoms with E-state index in [4.69, 9.17) is 61.6 Å². The van der Waals surface area contributed by atoms with Crippen molar-refractivity contribution in [3.05, 3.63) is 35.9 Å². The summed E-state index contributed by atoms with van der Waals surface area (Å²) in [6.45, 7) is 24.4. The maximum atomic E-state index is 13.9. The molecular formula is C69H115N3O21. The minimum Gasteiger partial charge on any atom is -0.463 e. The lowest BCUT2D eigenvalue weighted by atomic mass is 9.79. The quantitative estimate of drug-likeness (QED) is 0.0317. The summed E-state index contributed by atoms with van der Waals surface area (Å²) in [5.41, 5.74) is -0.553. The molecule has 532 valence electrons. The summed E-state index contributed by atoms with van der Waals surface area (Å²) in [5, 5.41) is 8.83. The van der Waals surface area contributed by atoms with Crippen molar-refractivity contribution in [2.75, 3.05) is 92.4 Å². The van der Waals surface area contributed by atoms with Crippen LogP contribution in [0.5, 0.6) is 0 Å². The van der Waals surface area contributed by atoms with Crippen molar-refractivity contribution in [1.82, 2.24) is 16.0 Å². The van der Waals surface area contributed by atoms with Crippen LogP contribution < -0.4 is 16.0 Å². The van der Waals surface area contributed by atoms with Crippen molar-refractivity contribution < 1.29 is 99.9 Å².